The van der Waals surface area contributed by atoms with Crippen molar-refractivity contribution in [3.05, 3.63) is 64.8 Å². The van der Waals surface area contributed by atoms with Crippen molar-refractivity contribution in [1.29, 1.82) is 0 Å². The largest absolute Gasteiger partial charge is 0.329 e. The van der Waals surface area contributed by atoms with Crippen molar-refractivity contribution in [1.82, 2.24) is 10.3 Å². The number of benzene rings is 2. The van der Waals surface area contributed by atoms with Gasteiger partial charge in [-0.15, -0.1) is 0 Å². The van der Waals surface area contributed by atoms with Crippen molar-refractivity contribution in [2.75, 3.05) is 17.2 Å². The number of para-hydroxylation sites is 1. The van der Waals surface area contributed by atoms with Gasteiger partial charge in [0.15, 0.2) is 0 Å². The summed E-state index contributed by atoms with van der Waals surface area (Å²) in [6, 6.07) is 13.3. The molecule has 3 amide bonds. The molecular weight excluding hydrogens is 375 g/mol. The lowest BCUT2D eigenvalue weighted by Gasteiger charge is -2.10. The van der Waals surface area contributed by atoms with Crippen LogP contribution in [0.1, 0.15) is 0 Å². The molecule has 0 aliphatic rings. The lowest BCUT2D eigenvalue weighted by atomic mass is 10.2. The van der Waals surface area contributed by atoms with Crippen molar-refractivity contribution in [2.45, 2.75) is 0 Å². The van der Waals surface area contributed by atoms with Crippen LogP contribution in [0.4, 0.5) is 16.2 Å². The number of carbonyl (C=O) groups excluding carboxylic acids is 2. The van der Waals surface area contributed by atoms with Crippen molar-refractivity contribution in [3.63, 3.8) is 0 Å². The van der Waals surface area contributed by atoms with Crippen LogP contribution in [0.3, 0.4) is 0 Å². The van der Waals surface area contributed by atoms with Crippen molar-refractivity contribution < 1.29 is 9.59 Å². The quantitative estimate of drug-likeness (QED) is 0.622. The second-order valence-electron chi connectivity index (χ2n) is 5.36. The highest BCUT2D eigenvalue weighted by Crippen LogP contribution is 2.25. The minimum absolute atomic E-state index is 0.215. The molecule has 0 spiro atoms. The molecule has 0 bridgehead atoms. The maximum atomic E-state index is 12.1. The Morgan fingerprint density at radius 1 is 0.962 bits per heavy atom. The number of nitrogens with one attached hydrogen (secondary N) is 3. The van der Waals surface area contributed by atoms with E-state index >= 15 is 0 Å². The Bertz CT molecular complexity index is 973. The molecule has 26 heavy (non-hydrogen) atoms. The Kier molecular flexibility index (Phi) is 5.55. The number of amides is 3. The number of hydrogen-bond donors (Lipinski definition) is 3. The summed E-state index contributed by atoms with van der Waals surface area (Å²) in [6.07, 6.45) is 1.65. The van der Waals surface area contributed by atoms with Gasteiger partial charge in [-0.25, -0.2) is 4.79 Å². The van der Waals surface area contributed by atoms with Gasteiger partial charge in [-0.05, 0) is 30.3 Å². The lowest BCUT2D eigenvalue weighted by molar-refractivity contribution is -0.115. The van der Waals surface area contributed by atoms with Gasteiger partial charge in [0.25, 0.3) is 0 Å². The number of anilines is 2. The summed E-state index contributed by atoms with van der Waals surface area (Å²) in [4.78, 5) is 28.3. The van der Waals surface area contributed by atoms with E-state index in [1.807, 2.05) is 24.3 Å². The van der Waals surface area contributed by atoms with Crippen LogP contribution in [-0.2, 0) is 4.79 Å². The van der Waals surface area contributed by atoms with E-state index < -0.39 is 6.03 Å². The first-order valence-electron chi connectivity index (χ1n) is 7.66. The topological polar surface area (TPSA) is 83.1 Å². The molecule has 0 aliphatic carbocycles. The zero-order valence-electron chi connectivity index (χ0n) is 13.4. The van der Waals surface area contributed by atoms with Crippen LogP contribution in [0.15, 0.2) is 54.7 Å². The first-order chi connectivity index (χ1) is 12.5. The molecule has 0 saturated heterocycles. The highest BCUT2D eigenvalue weighted by atomic mass is 35.5. The Hall–Kier alpha value is -2.83. The van der Waals surface area contributed by atoms with Crippen LogP contribution in [0, 0.1) is 0 Å². The predicted molar refractivity (Wildman–Crippen MR) is 104 cm³/mol. The monoisotopic (exact) mass is 388 g/mol. The zero-order valence-corrected chi connectivity index (χ0v) is 14.9. The maximum absolute atomic E-state index is 12.1. The van der Waals surface area contributed by atoms with Gasteiger partial charge < -0.3 is 16.0 Å². The number of pyridine rings is 1. The van der Waals surface area contributed by atoms with E-state index in [4.69, 9.17) is 23.2 Å². The van der Waals surface area contributed by atoms with Crippen molar-refractivity contribution >= 4 is 57.4 Å². The number of urea groups is 1. The molecule has 8 heteroatoms. The molecule has 0 fully saturated rings. The van der Waals surface area contributed by atoms with Gasteiger partial charge in [0.05, 0.1) is 28.5 Å². The average Bonchev–Trinajstić information content (AvgIpc) is 2.63. The van der Waals surface area contributed by atoms with E-state index in [9.17, 15) is 9.59 Å². The Labute approximate surface area is 159 Å². The number of nitrogens with zero attached hydrogens (tertiary/aromatic N) is 1. The summed E-state index contributed by atoms with van der Waals surface area (Å²) in [5.74, 6) is -0.379. The first-order valence-corrected chi connectivity index (χ1v) is 8.42. The summed E-state index contributed by atoms with van der Waals surface area (Å²) in [6.45, 7) is -0.215. The summed E-state index contributed by atoms with van der Waals surface area (Å²) >= 11 is 11.8. The normalized spacial score (nSPS) is 10.4. The number of fused-ring (bicyclic) bond motifs is 1. The van der Waals surface area contributed by atoms with E-state index in [0.717, 1.165) is 5.39 Å². The van der Waals surface area contributed by atoms with Crippen LogP contribution in [0.25, 0.3) is 10.9 Å². The molecule has 3 rings (SSSR count). The third kappa shape index (κ3) is 4.41. The van der Waals surface area contributed by atoms with Crippen molar-refractivity contribution in [2.24, 2.45) is 0 Å². The number of rotatable bonds is 4. The molecule has 0 radical (unpaired) electrons. The molecule has 6 nitrogen and oxygen atoms in total. The summed E-state index contributed by atoms with van der Waals surface area (Å²) in [5.41, 5.74) is 1.61. The highest BCUT2D eigenvalue weighted by Gasteiger charge is 2.10. The third-order valence-corrected chi connectivity index (χ3v) is 4.06. The van der Waals surface area contributed by atoms with Crippen LogP contribution in [-0.4, -0.2) is 23.5 Å². The van der Waals surface area contributed by atoms with Crippen LogP contribution >= 0.6 is 23.2 Å². The molecule has 0 saturated carbocycles. The molecule has 0 unspecified atom stereocenters. The lowest BCUT2D eigenvalue weighted by Crippen LogP contribution is -2.35. The van der Waals surface area contributed by atoms with E-state index in [1.54, 1.807) is 24.4 Å². The fraction of sp³-hybridized carbons (Fsp3) is 0.0556. The molecule has 0 aliphatic heterocycles. The standard InChI is InChI=1S/C18H14Cl2N4O2/c19-12-6-7-13(20)15(9-12)24-18(26)22-10-16(25)23-14-5-1-3-11-4-2-8-21-17(11)14/h1-9H,10H2,(H,23,25)(H2,22,24,26). The maximum Gasteiger partial charge on any atom is 0.319 e. The molecule has 2 aromatic carbocycles. The molecular formula is C18H14Cl2N4O2. The Morgan fingerprint density at radius 2 is 1.77 bits per heavy atom. The summed E-state index contributed by atoms with van der Waals surface area (Å²) in [7, 11) is 0. The minimum Gasteiger partial charge on any atom is -0.329 e. The highest BCUT2D eigenvalue weighted by molar-refractivity contribution is 6.35. The average molecular weight is 389 g/mol. The van der Waals surface area contributed by atoms with E-state index in [0.29, 0.717) is 26.9 Å². The van der Waals surface area contributed by atoms with Crippen LogP contribution in [0.5, 0.6) is 0 Å². The molecule has 1 heterocycles. The van der Waals surface area contributed by atoms with Gasteiger partial charge in [0.1, 0.15) is 0 Å². The van der Waals surface area contributed by atoms with Gasteiger partial charge in [-0.1, -0.05) is 41.4 Å². The van der Waals surface area contributed by atoms with Gasteiger partial charge in [0.2, 0.25) is 5.91 Å². The Morgan fingerprint density at radius 3 is 2.62 bits per heavy atom. The first kappa shape index (κ1) is 18.0. The smallest absolute Gasteiger partial charge is 0.319 e. The van der Waals surface area contributed by atoms with Gasteiger partial charge in [0, 0.05) is 16.6 Å². The third-order valence-electron chi connectivity index (χ3n) is 3.49. The summed E-state index contributed by atoms with van der Waals surface area (Å²) < 4.78 is 0. The molecule has 1 aromatic heterocycles. The summed E-state index contributed by atoms with van der Waals surface area (Å²) in [5, 5.41) is 9.42. The zero-order chi connectivity index (χ0) is 18.5. The number of aromatic nitrogens is 1. The van der Waals surface area contributed by atoms with Gasteiger partial charge >= 0.3 is 6.03 Å². The van der Waals surface area contributed by atoms with E-state index in [1.165, 1.54) is 6.07 Å². The fourth-order valence-corrected chi connectivity index (χ4v) is 2.66. The number of halogens is 2. The van der Waals surface area contributed by atoms with Crippen LogP contribution < -0.4 is 16.0 Å². The van der Waals surface area contributed by atoms with E-state index in [2.05, 4.69) is 20.9 Å². The molecule has 3 aromatic rings. The molecule has 132 valence electrons. The molecule has 0 atom stereocenters. The SMILES string of the molecule is O=C(CNC(=O)Nc1cc(Cl)ccc1Cl)Nc1cccc2cccnc12. The van der Waals surface area contributed by atoms with Gasteiger partial charge in [-0.3, -0.25) is 9.78 Å². The second-order valence-corrected chi connectivity index (χ2v) is 6.20. The Balaban J connectivity index is 1.58. The van der Waals surface area contributed by atoms with Gasteiger partial charge in [-0.2, -0.15) is 0 Å². The number of carbonyl (C=O) groups is 2. The van der Waals surface area contributed by atoms with E-state index in [-0.39, 0.29) is 12.5 Å². The molecule has 3 N–H and O–H groups in total. The predicted octanol–water partition coefficient (Wildman–Crippen LogP) is 4.30. The van der Waals surface area contributed by atoms with Crippen molar-refractivity contribution in [3.8, 4) is 0 Å². The number of hydrogen-bond acceptors (Lipinski definition) is 3. The minimum atomic E-state index is -0.569. The second kappa shape index (κ2) is 8.03. The van der Waals surface area contributed by atoms with Crippen LogP contribution in [0.2, 0.25) is 10.0 Å². The fourth-order valence-electron chi connectivity index (χ4n) is 2.32.